The van der Waals surface area contributed by atoms with Crippen molar-refractivity contribution in [2.75, 3.05) is 0 Å². The van der Waals surface area contributed by atoms with Crippen molar-refractivity contribution in [3.63, 3.8) is 0 Å². The molecule has 1 heterocycles. The number of rotatable bonds is 3. The number of thiophene rings is 1. The van der Waals surface area contributed by atoms with Gasteiger partial charge in [-0.25, -0.2) is 0 Å². The summed E-state index contributed by atoms with van der Waals surface area (Å²) in [6, 6.07) is 10.1. The highest BCUT2D eigenvalue weighted by molar-refractivity contribution is 7.10. The Labute approximate surface area is 98.7 Å². The van der Waals surface area contributed by atoms with Crippen LogP contribution in [0.2, 0.25) is 0 Å². The Morgan fingerprint density at radius 3 is 2.50 bits per heavy atom. The zero-order valence-electron chi connectivity index (χ0n) is 8.85. The molecule has 0 bridgehead atoms. The molecule has 0 radical (unpaired) electrons. The SMILES string of the molecule is O=Cc1ccc(-c2csc(C3CC3)c2)cc1. The summed E-state index contributed by atoms with van der Waals surface area (Å²) in [7, 11) is 0. The minimum absolute atomic E-state index is 0.737. The summed E-state index contributed by atoms with van der Waals surface area (Å²) >= 11 is 1.86. The molecule has 0 unspecified atom stereocenters. The molecule has 1 aromatic carbocycles. The molecule has 0 saturated heterocycles. The average molecular weight is 228 g/mol. The van der Waals surface area contributed by atoms with Gasteiger partial charge in [-0.15, -0.1) is 11.3 Å². The third kappa shape index (κ3) is 1.81. The molecule has 0 atom stereocenters. The van der Waals surface area contributed by atoms with Crippen LogP contribution in [0.15, 0.2) is 35.7 Å². The molecule has 1 aromatic heterocycles. The van der Waals surface area contributed by atoms with E-state index >= 15 is 0 Å². The number of hydrogen-bond acceptors (Lipinski definition) is 2. The highest BCUT2D eigenvalue weighted by Crippen LogP contribution is 2.44. The van der Waals surface area contributed by atoms with E-state index in [1.807, 2.05) is 35.6 Å². The van der Waals surface area contributed by atoms with Gasteiger partial charge in [0.15, 0.2) is 0 Å². The first-order chi connectivity index (χ1) is 7.86. The van der Waals surface area contributed by atoms with Gasteiger partial charge in [0.25, 0.3) is 0 Å². The maximum absolute atomic E-state index is 10.6. The van der Waals surface area contributed by atoms with Crippen LogP contribution in [0, 0.1) is 0 Å². The smallest absolute Gasteiger partial charge is 0.150 e. The molecule has 0 spiro atoms. The first-order valence-electron chi connectivity index (χ1n) is 5.51. The van der Waals surface area contributed by atoms with Gasteiger partial charge in [0.2, 0.25) is 0 Å². The monoisotopic (exact) mass is 228 g/mol. The lowest BCUT2D eigenvalue weighted by Crippen LogP contribution is -1.79. The molecule has 2 heteroatoms. The van der Waals surface area contributed by atoms with Crippen molar-refractivity contribution >= 4 is 17.6 Å². The number of aldehydes is 1. The molecular weight excluding hydrogens is 216 g/mol. The van der Waals surface area contributed by atoms with Gasteiger partial charge in [0.1, 0.15) is 6.29 Å². The summed E-state index contributed by atoms with van der Waals surface area (Å²) in [6.07, 6.45) is 3.58. The summed E-state index contributed by atoms with van der Waals surface area (Å²) < 4.78 is 0. The topological polar surface area (TPSA) is 17.1 Å². The fourth-order valence-electron chi connectivity index (χ4n) is 1.84. The minimum atomic E-state index is 0.737. The highest BCUT2D eigenvalue weighted by Gasteiger charge is 2.24. The van der Waals surface area contributed by atoms with E-state index in [9.17, 15) is 4.79 Å². The molecule has 3 rings (SSSR count). The standard InChI is InChI=1S/C14H12OS/c15-8-10-1-3-11(4-2-10)13-7-14(16-9-13)12-5-6-12/h1-4,7-9,12H,5-6H2. The number of hydrogen-bond donors (Lipinski definition) is 0. The Balaban J connectivity index is 1.91. The Morgan fingerprint density at radius 1 is 1.12 bits per heavy atom. The molecule has 1 nitrogen and oxygen atoms in total. The normalized spacial score (nSPS) is 15.0. The van der Waals surface area contributed by atoms with E-state index in [0.29, 0.717) is 0 Å². The Kier molecular flexibility index (Phi) is 2.37. The van der Waals surface area contributed by atoms with Crippen LogP contribution in [0.1, 0.15) is 34.0 Å². The highest BCUT2D eigenvalue weighted by atomic mass is 32.1. The maximum atomic E-state index is 10.6. The van der Waals surface area contributed by atoms with Crippen LogP contribution < -0.4 is 0 Å². The van der Waals surface area contributed by atoms with Crippen molar-refractivity contribution in [2.24, 2.45) is 0 Å². The third-order valence-corrected chi connectivity index (χ3v) is 4.07. The second kappa shape index (κ2) is 3.87. The number of benzene rings is 1. The summed E-state index contributed by atoms with van der Waals surface area (Å²) in [5.41, 5.74) is 3.22. The van der Waals surface area contributed by atoms with Crippen LogP contribution >= 0.6 is 11.3 Å². The first-order valence-corrected chi connectivity index (χ1v) is 6.39. The van der Waals surface area contributed by atoms with E-state index < -0.39 is 0 Å². The molecule has 1 saturated carbocycles. The summed E-state index contributed by atoms with van der Waals surface area (Å²) in [5.74, 6) is 0.827. The first kappa shape index (κ1) is 9.79. The van der Waals surface area contributed by atoms with Crippen LogP contribution in [0.4, 0.5) is 0 Å². The van der Waals surface area contributed by atoms with E-state index in [0.717, 1.165) is 17.8 Å². The van der Waals surface area contributed by atoms with Crippen molar-refractivity contribution in [1.82, 2.24) is 0 Å². The average Bonchev–Trinajstić information content (AvgIpc) is 3.08. The van der Waals surface area contributed by atoms with Gasteiger partial charge in [0, 0.05) is 10.4 Å². The Hall–Kier alpha value is -1.41. The quantitative estimate of drug-likeness (QED) is 0.723. The van der Waals surface area contributed by atoms with Crippen LogP contribution in [0.25, 0.3) is 11.1 Å². The fourth-order valence-corrected chi connectivity index (χ4v) is 2.93. The molecule has 80 valence electrons. The van der Waals surface area contributed by atoms with Crippen molar-refractivity contribution < 1.29 is 4.79 Å². The molecule has 0 amide bonds. The van der Waals surface area contributed by atoms with Crippen molar-refractivity contribution in [3.8, 4) is 11.1 Å². The maximum Gasteiger partial charge on any atom is 0.150 e. The summed E-state index contributed by atoms with van der Waals surface area (Å²) in [4.78, 5) is 12.1. The van der Waals surface area contributed by atoms with Crippen LogP contribution in [0.3, 0.4) is 0 Å². The van der Waals surface area contributed by atoms with E-state index in [1.165, 1.54) is 28.8 Å². The predicted octanol–water partition coefficient (Wildman–Crippen LogP) is 4.11. The largest absolute Gasteiger partial charge is 0.298 e. The molecule has 1 aliphatic rings. The van der Waals surface area contributed by atoms with Crippen LogP contribution in [-0.4, -0.2) is 6.29 Å². The minimum Gasteiger partial charge on any atom is -0.298 e. The van der Waals surface area contributed by atoms with Crippen LogP contribution in [-0.2, 0) is 0 Å². The molecule has 2 aromatic rings. The van der Waals surface area contributed by atoms with Gasteiger partial charge in [-0.3, -0.25) is 4.79 Å². The lowest BCUT2D eigenvalue weighted by atomic mass is 10.1. The zero-order chi connectivity index (χ0) is 11.0. The Morgan fingerprint density at radius 2 is 1.88 bits per heavy atom. The van der Waals surface area contributed by atoms with Crippen molar-refractivity contribution in [2.45, 2.75) is 18.8 Å². The van der Waals surface area contributed by atoms with Gasteiger partial charge >= 0.3 is 0 Å². The van der Waals surface area contributed by atoms with Crippen LogP contribution in [0.5, 0.6) is 0 Å². The lowest BCUT2D eigenvalue weighted by molar-refractivity contribution is 0.112. The van der Waals surface area contributed by atoms with E-state index in [-0.39, 0.29) is 0 Å². The lowest BCUT2D eigenvalue weighted by Gasteiger charge is -1.97. The summed E-state index contributed by atoms with van der Waals surface area (Å²) in [5, 5.41) is 2.21. The predicted molar refractivity (Wildman–Crippen MR) is 67.1 cm³/mol. The van der Waals surface area contributed by atoms with Gasteiger partial charge in [-0.05, 0) is 41.3 Å². The van der Waals surface area contributed by atoms with Gasteiger partial charge in [-0.2, -0.15) is 0 Å². The molecule has 1 aliphatic carbocycles. The van der Waals surface area contributed by atoms with Gasteiger partial charge in [-0.1, -0.05) is 24.3 Å². The number of carbonyl (C=O) groups is 1. The van der Waals surface area contributed by atoms with E-state index in [4.69, 9.17) is 0 Å². The zero-order valence-corrected chi connectivity index (χ0v) is 9.67. The molecular formula is C14H12OS. The fraction of sp³-hybridized carbons (Fsp3) is 0.214. The van der Waals surface area contributed by atoms with Gasteiger partial charge < -0.3 is 0 Å². The van der Waals surface area contributed by atoms with E-state index in [1.54, 1.807) is 0 Å². The summed E-state index contributed by atoms with van der Waals surface area (Å²) in [6.45, 7) is 0. The third-order valence-electron chi connectivity index (χ3n) is 2.98. The second-order valence-corrected chi connectivity index (χ2v) is 5.19. The molecule has 1 fully saturated rings. The second-order valence-electron chi connectivity index (χ2n) is 4.25. The molecule has 0 N–H and O–H groups in total. The van der Waals surface area contributed by atoms with Crippen molar-refractivity contribution in [1.29, 1.82) is 0 Å². The van der Waals surface area contributed by atoms with Crippen molar-refractivity contribution in [3.05, 3.63) is 46.2 Å². The Bertz CT molecular complexity index is 506. The number of carbonyl (C=O) groups excluding carboxylic acids is 1. The molecule has 16 heavy (non-hydrogen) atoms. The van der Waals surface area contributed by atoms with E-state index in [2.05, 4.69) is 11.4 Å². The molecule has 0 aliphatic heterocycles. The van der Waals surface area contributed by atoms with Gasteiger partial charge in [0.05, 0.1) is 0 Å².